The molecule has 1 heterocycles. The summed E-state index contributed by atoms with van der Waals surface area (Å²) in [6.45, 7) is 17.1. The molecule has 1 aromatic heterocycles. The van der Waals surface area contributed by atoms with Crippen LogP contribution < -0.4 is 0 Å². The second-order valence-corrected chi connectivity index (χ2v) is 7.90. The van der Waals surface area contributed by atoms with Gasteiger partial charge in [0.1, 0.15) is 11.9 Å². The number of allylic oxidation sites excluding steroid dienone is 3. The lowest BCUT2D eigenvalue weighted by Gasteiger charge is -2.23. The molecule has 2 rings (SSSR count). The molecule has 1 N–H and O–H groups in total. The largest absolute Gasteiger partial charge is 0.385 e. The van der Waals surface area contributed by atoms with Gasteiger partial charge in [-0.15, -0.1) is 0 Å². The summed E-state index contributed by atoms with van der Waals surface area (Å²) in [5.74, 6) is 1.61. The Hall–Kier alpha value is -2.13. The molecule has 0 aliphatic rings. The molecule has 1 unspecified atom stereocenters. The van der Waals surface area contributed by atoms with Crippen LogP contribution in [0.15, 0.2) is 54.9 Å². The third-order valence-corrected chi connectivity index (χ3v) is 5.10. The molecule has 0 aliphatic carbocycles. The fourth-order valence-corrected chi connectivity index (χ4v) is 3.49. The van der Waals surface area contributed by atoms with Crippen molar-refractivity contribution in [1.29, 1.82) is 0 Å². The van der Waals surface area contributed by atoms with Gasteiger partial charge in [0, 0.05) is 12.4 Å². The van der Waals surface area contributed by atoms with Gasteiger partial charge in [0.2, 0.25) is 0 Å². The van der Waals surface area contributed by atoms with E-state index in [-0.39, 0.29) is 6.04 Å². The van der Waals surface area contributed by atoms with Crippen molar-refractivity contribution in [1.82, 2.24) is 9.55 Å². The first-order valence-electron chi connectivity index (χ1n) is 9.97. The van der Waals surface area contributed by atoms with Crippen molar-refractivity contribution in [2.45, 2.75) is 66.0 Å². The van der Waals surface area contributed by atoms with Gasteiger partial charge in [-0.25, -0.2) is 4.98 Å². The van der Waals surface area contributed by atoms with E-state index in [9.17, 15) is 5.11 Å². The zero-order valence-corrected chi connectivity index (χ0v) is 17.6. The first kappa shape index (κ1) is 21.2. The molecule has 0 radical (unpaired) electrons. The van der Waals surface area contributed by atoms with Crippen molar-refractivity contribution in [2.24, 2.45) is 5.92 Å². The second-order valence-electron chi connectivity index (χ2n) is 7.90. The third-order valence-electron chi connectivity index (χ3n) is 5.10. The van der Waals surface area contributed by atoms with Gasteiger partial charge in [0.25, 0.3) is 0 Å². The Morgan fingerprint density at radius 3 is 2.26 bits per heavy atom. The molecule has 1 aromatic carbocycles. The van der Waals surface area contributed by atoms with Crippen LogP contribution in [0.1, 0.15) is 83.0 Å². The van der Waals surface area contributed by atoms with Gasteiger partial charge in [-0.3, -0.25) is 0 Å². The van der Waals surface area contributed by atoms with Crippen LogP contribution in [0, 0.1) is 5.92 Å². The maximum Gasteiger partial charge on any atom is 0.137 e. The van der Waals surface area contributed by atoms with E-state index in [4.69, 9.17) is 0 Å². The molecule has 0 fully saturated rings. The summed E-state index contributed by atoms with van der Waals surface area (Å²) in [6.07, 6.45) is 6.19. The summed E-state index contributed by atoms with van der Waals surface area (Å²) in [5, 5.41) is 10.0. The average Bonchev–Trinajstić information content (AvgIpc) is 3.10. The highest BCUT2D eigenvalue weighted by atomic mass is 16.3. The molecule has 146 valence electrons. The number of imidazole rings is 1. The monoisotopic (exact) mass is 366 g/mol. The highest BCUT2D eigenvalue weighted by Gasteiger charge is 2.19. The Morgan fingerprint density at radius 1 is 1.15 bits per heavy atom. The standard InChI is InChI=1S/C24H34N2O/c1-8-23(26-14-13-25-24(26)19(7)27)18(6)15-22(17(4)5)21-11-9-20(10-12-21)16(2)3/h9-17,19,23,27H,6,8H2,1-5,7H3/b22-15+/t19-,23?/m0/s1. The predicted octanol–water partition coefficient (Wildman–Crippen LogP) is 6.31. The van der Waals surface area contributed by atoms with E-state index in [2.05, 4.69) is 76.5 Å². The number of rotatable bonds is 8. The van der Waals surface area contributed by atoms with E-state index in [0.717, 1.165) is 12.0 Å². The number of benzene rings is 1. The quantitative estimate of drug-likeness (QED) is 0.556. The number of hydrogen-bond acceptors (Lipinski definition) is 2. The topological polar surface area (TPSA) is 38.0 Å². The maximum atomic E-state index is 10.0. The van der Waals surface area contributed by atoms with Crippen molar-refractivity contribution in [2.75, 3.05) is 0 Å². The molecule has 0 saturated heterocycles. The first-order valence-corrected chi connectivity index (χ1v) is 9.97. The van der Waals surface area contributed by atoms with Gasteiger partial charge >= 0.3 is 0 Å². The summed E-state index contributed by atoms with van der Waals surface area (Å²) in [6, 6.07) is 8.96. The SMILES string of the molecule is C=C(/C=C(/c1ccc(C(C)C)cc1)C(C)C)C(CC)n1ccnc1[C@H](C)O. The van der Waals surface area contributed by atoms with Crippen LogP contribution in [0.3, 0.4) is 0 Å². The Balaban J connectivity index is 2.38. The number of nitrogens with zero attached hydrogens (tertiary/aromatic N) is 2. The van der Waals surface area contributed by atoms with Crippen LogP contribution in [0.4, 0.5) is 0 Å². The number of hydrogen-bond donors (Lipinski definition) is 1. The van der Waals surface area contributed by atoms with Crippen LogP contribution in [0.2, 0.25) is 0 Å². The normalized spacial score (nSPS) is 14.6. The lowest BCUT2D eigenvalue weighted by Crippen LogP contribution is -2.14. The zero-order valence-electron chi connectivity index (χ0n) is 17.6. The van der Waals surface area contributed by atoms with Crippen molar-refractivity contribution in [3.8, 4) is 0 Å². The minimum absolute atomic E-state index is 0.0841. The van der Waals surface area contributed by atoms with Crippen LogP contribution in [0.25, 0.3) is 5.57 Å². The van der Waals surface area contributed by atoms with Gasteiger partial charge < -0.3 is 9.67 Å². The molecule has 3 nitrogen and oxygen atoms in total. The van der Waals surface area contributed by atoms with E-state index in [1.807, 2.05) is 10.8 Å². The fourth-order valence-electron chi connectivity index (χ4n) is 3.49. The smallest absolute Gasteiger partial charge is 0.137 e. The summed E-state index contributed by atoms with van der Waals surface area (Å²) in [5.41, 5.74) is 4.92. The van der Waals surface area contributed by atoms with E-state index in [1.54, 1.807) is 13.1 Å². The van der Waals surface area contributed by atoms with E-state index in [1.165, 1.54) is 16.7 Å². The van der Waals surface area contributed by atoms with Crippen LogP contribution >= 0.6 is 0 Å². The second kappa shape index (κ2) is 9.18. The number of aromatic nitrogens is 2. The third kappa shape index (κ3) is 4.98. The molecule has 2 aromatic rings. The lowest BCUT2D eigenvalue weighted by molar-refractivity contribution is 0.182. The van der Waals surface area contributed by atoms with Crippen molar-refractivity contribution < 1.29 is 5.11 Å². The van der Waals surface area contributed by atoms with E-state index < -0.39 is 6.10 Å². The van der Waals surface area contributed by atoms with Gasteiger partial charge in [0.05, 0.1) is 6.04 Å². The Bertz CT molecular complexity index is 779. The van der Waals surface area contributed by atoms with Crippen molar-refractivity contribution in [3.05, 3.63) is 71.8 Å². The summed E-state index contributed by atoms with van der Waals surface area (Å²) < 4.78 is 2.04. The molecule has 27 heavy (non-hydrogen) atoms. The lowest BCUT2D eigenvalue weighted by atomic mass is 9.90. The zero-order chi connectivity index (χ0) is 20.1. The molecular formula is C24H34N2O. The Morgan fingerprint density at radius 2 is 1.78 bits per heavy atom. The van der Waals surface area contributed by atoms with Gasteiger partial charge in [0.15, 0.2) is 0 Å². The highest BCUT2D eigenvalue weighted by Crippen LogP contribution is 2.31. The molecule has 0 saturated carbocycles. The predicted molar refractivity (Wildman–Crippen MR) is 115 cm³/mol. The van der Waals surface area contributed by atoms with Gasteiger partial charge in [-0.1, -0.05) is 71.5 Å². The molecule has 3 heteroatoms. The molecular weight excluding hydrogens is 332 g/mol. The summed E-state index contributed by atoms with van der Waals surface area (Å²) in [4.78, 5) is 4.32. The van der Waals surface area contributed by atoms with Gasteiger partial charge in [-0.2, -0.15) is 0 Å². The molecule has 0 spiro atoms. The average molecular weight is 367 g/mol. The highest BCUT2D eigenvalue weighted by molar-refractivity contribution is 5.69. The van der Waals surface area contributed by atoms with Crippen LogP contribution in [0.5, 0.6) is 0 Å². The van der Waals surface area contributed by atoms with Gasteiger partial charge in [-0.05, 0) is 47.5 Å². The van der Waals surface area contributed by atoms with Crippen LogP contribution in [-0.4, -0.2) is 14.7 Å². The minimum Gasteiger partial charge on any atom is -0.385 e. The van der Waals surface area contributed by atoms with Crippen molar-refractivity contribution in [3.63, 3.8) is 0 Å². The number of aliphatic hydroxyl groups is 1. The van der Waals surface area contributed by atoms with E-state index in [0.29, 0.717) is 17.7 Å². The Kier molecular flexibility index (Phi) is 7.20. The van der Waals surface area contributed by atoms with Crippen LogP contribution in [-0.2, 0) is 0 Å². The Labute approximate surface area is 164 Å². The maximum absolute atomic E-state index is 10.0. The number of aliphatic hydroxyl groups excluding tert-OH is 1. The fraction of sp³-hybridized carbons (Fsp3) is 0.458. The van der Waals surface area contributed by atoms with Crippen molar-refractivity contribution >= 4 is 5.57 Å². The summed E-state index contributed by atoms with van der Waals surface area (Å²) >= 11 is 0. The molecule has 0 amide bonds. The minimum atomic E-state index is -0.598. The van der Waals surface area contributed by atoms with E-state index >= 15 is 0 Å². The molecule has 2 atom stereocenters. The first-order chi connectivity index (χ1) is 12.8. The molecule has 0 aliphatic heterocycles. The summed E-state index contributed by atoms with van der Waals surface area (Å²) in [7, 11) is 0. The molecule has 0 bridgehead atoms.